The summed E-state index contributed by atoms with van der Waals surface area (Å²) < 4.78 is 28.9. The lowest BCUT2D eigenvalue weighted by Crippen LogP contribution is -1.96. The van der Waals surface area contributed by atoms with E-state index >= 15 is 0 Å². The van der Waals surface area contributed by atoms with Gasteiger partial charge in [-0.25, -0.2) is 13.4 Å². The average molecular weight is 343 g/mol. The van der Waals surface area contributed by atoms with Crippen molar-refractivity contribution in [3.63, 3.8) is 0 Å². The van der Waals surface area contributed by atoms with Crippen molar-refractivity contribution in [1.82, 2.24) is 4.98 Å². The zero-order chi connectivity index (χ0) is 17.3. The molecule has 1 heterocycles. The van der Waals surface area contributed by atoms with Crippen molar-refractivity contribution in [2.24, 2.45) is 0 Å². The second-order valence-corrected chi connectivity index (χ2v) is 7.58. The van der Waals surface area contributed by atoms with Gasteiger partial charge in [0.2, 0.25) is 5.89 Å². The Morgan fingerprint density at radius 2 is 1.62 bits per heavy atom. The maximum Gasteiger partial charge on any atom is 0.224 e. The highest BCUT2D eigenvalue weighted by Crippen LogP contribution is 2.34. The van der Waals surface area contributed by atoms with Gasteiger partial charge < -0.3 is 9.52 Å². The summed E-state index contributed by atoms with van der Waals surface area (Å²) in [5, 5.41) is 9.77. The molecule has 1 aromatic heterocycles. The Morgan fingerprint density at radius 3 is 2.17 bits per heavy atom. The summed E-state index contributed by atoms with van der Waals surface area (Å²) in [7, 11) is -3.26. The topological polar surface area (TPSA) is 80.4 Å². The molecule has 1 atom stereocenters. The number of sulfone groups is 1. The lowest BCUT2D eigenvalue weighted by atomic mass is 10.1. The fourth-order valence-electron chi connectivity index (χ4n) is 2.36. The molecule has 124 valence electrons. The zero-order valence-corrected chi connectivity index (χ0v) is 14.1. The summed E-state index contributed by atoms with van der Waals surface area (Å²) >= 11 is 0. The van der Waals surface area contributed by atoms with Gasteiger partial charge in [0.15, 0.2) is 15.6 Å². The molecule has 0 spiro atoms. The standard InChI is InChI=1S/C18H17NO4S/c1-12(20)18-19-16(17(23-18)14-6-4-3-5-7-14)13-8-10-15(11-9-13)24(2,21)22/h3-12,20H,1-2H3. The van der Waals surface area contributed by atoms with Crippen LogP contribution in [-0.2, 0) is 9.84 Å². The summed E-state index contributed by atoms with van der Waals surface area (Å²) in [6.45, 7) is 1.58. The molecule has 0 amide bonds. The smallest absolute Gasteiger partial charge is 0.224 e. The third-order valence-corrected chi connectivity index (χ3v) is 4.72. The summed E-state index contributed by atoms with van der Waals surface area (Å²) in [5.74, 6) is 0.759. The van der Waals surface area contributed by atoms with Crippen LogP contribution in [0.1, 0.15) is 18.9 Å². The van der Waals surface area contributed by atoms with Crippen molar-refractivity contribution in [1.29, 1.82) is 0 Å². The van der Waals surface area contributed by atoms with Gasteiger partial charge in [0, 0.05) is 17.4 Å². The summed E-state index contributed by atoms with van der Waals surface area (Å²) in [6, 6.07) is 15.9. The Hall–Kier alpha value is -2.44. The fraction of sp³-hybridized carbons (Fsp3) is 0.167. The third-order valence-electron chi connectivity index (χ3n) is 3.59. The van der Waals surface area contributed by atoms with E-state index in [1.165, 1.54) is 18.4 Å². The number of nitrogens with zero attached hydrogens (tertiary/aromatic N) is 1. The zero-order valence-electron chi connectivity index (χ0n) is 13.3. The van der Waals surface area contributed by atoms with Crippen LogP contribution in [0, 0.1) is 0 Å². The van der Waals surface area contributed by atoms with Crippen molar-refractivity contribution in [2.75, 3.05) is 6.26 Å². The molecule has 3 aromatic rings. The van der Waals surface area contributed by atoms with Crippen LogP contribution in [0.5, 0.6) is 0 Å². The number of aliphatic hydroxyl groups is 1. The van der Waals surface area contributed by atoms with E-state index in [9.17, 15) is 13.5 Å². The average Bonchev–Trinajstić information content (AvgIpc) is 3.00. The molecule has 5 nitrogen and oxygen atoms in total. The number of aromatic nitrogens is 1. The van der Waals surface area contributed by atoms with E-state index in [4.69, 9.17) is 4.42 Å². The van der Waals surface area contributed by atoms with Gasteiger partial charge in [-0.15, -0.1) is 0 Å². The first-order valence-corrected chi connectivity index (χ1v) is 9.30. The van der Waals surface area contributed by atoms with Gasteiger partial charge in [0.05, 0.1) is 4.90 Å². The minimum atomic E-state index is -3.26. The number of rotatable bonds is 4. The molecular formula is C18H17NO4S. The van der Waals surface area contributed by atoms with E-state index in [1.54, 1.807) is 19.1 Å². The minimum absolute atomic E-state index is 0.219. The van der Waals surface area contributed by atoms with Gasteiger partial charge in [-0.05, 0) is 19.1 Å². The summed E-state index contributed by atoms with van der Waals surface area (Å²) in [4.78, 5) is 4.62. The van der Waals surface area contributed by atoms with E-state index in [1.807, 2.05) is 30.3 Å². The molecule has 3 rings (SSSR count). The monoisotopic (exact) mass is 343 g/mol. The Morgan fingerprint density at radius 1 is 1.00 bits per heavy atom. The molecule has 0 aliphatic carbocycles. The molecular weight excluding hydrogens is 326 g/mol. The van der Waals surface area contributed by atoms with Crippen molar-refractivity contribution in [3.05, 3.63) is 60.5 Å². The van der Waals surface area contributed by atoms with Crippen molar-refractivity contribution < 1.29 is 17.9 Å². The number of hydrogen-bond acceptors (Lipinski definition) is 5. The molecule has 1 N–H and O–H groups in total. The van der Waals surface area contributed by atoms with Gasteiger partial charge in [-0.2, -0.15) is 0 Å². The Kier molecular flexibility index (Phi) is 4.26. The Labute approximate surface area is 140 Å². The van der Waals surface area contributed by atoms with Crippen LogP contribution in [0.4, 0.5) is 0 Å². The minimum Gasteiger partial charge on any atom is -0.437 e. The van der Waals surface area contributed by atoms with Crippen LogP contribution in [-0.4, -0.2) is 24.8 Å². The highest BCUT2D eigenvalue weighted by Gasteiger charge is 2.19. The van der Waals surface area contributed by atoms with Crippen molar-refractivity contribution in [3.8, 4) is 22.6 Å². The lowest BCUT2D eigenvalue weighted by molar-refractivity contribution is 0.164. The first kappa shape index (κ1) is 16.4. The summed E-state index contributed by atoms with van der Waals surface area (Å²) in [5.41, 5.74) is 2.12. The molecule has 0 aliphatic heterocycles. The van der Waals surface area contributed by atoms with Gasteiger partial charge in [0.25, 0.3) is 0 Å². The predicted octanol–water partition coefficient (Wildman–Crippen LogP) is 3.47. The lowest BCUT2D eigenvalue weighted by Gasteiger charge is -2.03. The van der Waals surface area contributed by atoms with E-state index in [0.29, 0.717) is 11.5 Å². The SMILES string of the molecule is CC(O)c1nc(-c2ccc(S(C)(=O)=O)cc2)c(-c2ccccc2)o1. The van der Waals surface area contributed by atoms with E-state index in [2.05, 4.69) is 4.98 Å². The second kappa shape index (κ2) is 6.22. The highest BCUT2D eigenvalue weighted by molar-refractivity contribution is 7.90. The van der Waals surface area contributed by atoms with Crippen molar-refractivity contribution >= 4 is 9.84 Å². The molecule has 0 radical (unpaired) electrons. The van der Waals surface area contributed by atoms with Gasteiger partial charge in [-0.1, -0.05) is 42.5 Å². The maximum absolute atomic E-state index is 11.6. The second-order valence-electron chi connectivity index (χ2n) is 5.57. The third kappa shape index (κ3) is 3.25. The molecule has 1 unspecified atom stereocenters. The quantitative estimate of drug-likeness (QED) is 0.784. The van der Waals surface area contributed by atoms with E-state index < -0.39 is 15.9 Å². The fourth-order valence-corrected chi connectivity index (χ4v) is 2.99. The first-order valence-electron chi connectivity index (χ1n) is 7.41. The van der Waals surface area contributed by atoms with Crippen LogP contribution >= 0.6 is 0 Å². The Bertz CT molecular complexity index is 942. The predicted molar refractivity (Wildman–Crippen MR) is 91.1 cm³/mol. The molecule has 0 bridgehead atoms. The van der Waals surface area contributed by atoms with E-state index in [-0.39, 0.29) is 10.8 Å². The largest absolute Gasteiger partial charge is 0.437 e. The van der Waals surface area contributed by atoms with Crippen LogP contribution in [0.15, 0.2) is 63.9 Å². The number of hydrogen-bond donors (Lipinski definition) is 1. The molecule has 2 aromatic carbocycles. The molecule has 0 saturated heterocycles. The van der Waals surface area contributed by atoms with Gasteiger partial charge >= 0.3 is 0 Å². The van der Waals surface area contributed by atoms with Gasteiger partial charge in [0.1, 0.15) is 11.8 Å². The highest BCUT2D eigenvalue weighted by atomic mass is 32.2. The normalized spacial score (nSPS) is 13.0. The van der Waals surface area contributed by atoms with Crippen LogP contribution in [0.3, 0.4) is 0 Å². The van der Waals surface area contributed by atoms with Gasteiger partial charge in [-0.3, -0.25) is 0 Å². The maximum atomic E-state index is 11.6. The van der Waals surface area contributed by atoms with Crippen LogP contribution in [0.2, 0.25) is 0 Å². The van der Waals surface area contributed by atoms with Crippen LogP contribution < -0.4 is 0 Å². The molecule has 24 heavy (non-hydrogen) atoms. The van der Waals surface area contributed by atoms with Crippen LogP contribution in [0.25, 0.3) is 22.6 Å². The summed E-state index contributed by atoms with van der Waals surface area (Å²) in [6.07, 6.45) is 0.329. The first-order chi connectivity index (χ1) is 11.4. The molecule has 0 saturated carbocycles. The van der Waals surface area contributed by atoms with E-state index in [0.717, 1.165) is 11.1 Å². The molecule has 0 fully saturated rings. The Balaban J connectivity index is 2.13. The number of aliphatic hydroxyl groups excluding tert-OH is 1. The number of oxazole rings is 1. The molecule has 6 heteroatoms. The number of benzene rings is 2. The molecule has 0 aliphatic rings. The van der Waals surface area contributed by atoms with Crippen molar-refractivity contribution in [2.45, 2.75) is 17.9 Å².